The highest BCUT2D eigenvalue weighted by Gasteiger charge is 2.40. The molecule has 2 aliphatic rings. The van der Waals surface area contributed by atoms with Crippen molar-refractivity contribution in [3.8, 4) is 0 Å². The zero-order chi connectivity index (χ0) is 22.0. The first kappa shape index (κ1) is 22.2. The second kappa shape index (κ2) is 9.23. The lowest BCUT2D eigenvalue weighted by Crippen LogP contribution is -2.51. The van der Waals surface area contributed by atoms with E-state index in [1.54, 1.807) is 11.6 Å². The van der Waals surface area contributed by atoms with Crippen LogP contribution in [0.25, 0.3) is 0 Å². The lowest BCUT2D eigenvalue weighted by Gasteiger charge is -2.44. The molecule has 0 bridgehead atoms. The summed E-state index contributed by atoms with van der Waals surface area (Å²) >= 11 is 2.39. The molecule has 2 heterocycles. The van der Waals surface area contributed by atoms with E-state index in [9.17, 15) is 9.59 Å². The van der Waals surface area contributed by atoms with Crippen molar-refractivity contribution in [3.05, 3.63) is 47.0 Å². The van der Waals surface area contributed by atoms with Crippen molar-refractivity contribution < 1.29 is 9.59 Å². The van der Waals surface area contributed by atoms with E-state index >= 15 is 0 Å². The van der Waals surface area contributed by atoms with Crippen LogP contribution in [-0.2, 0) is 27.6 Å². The van der Waals surface area contributed by atoms with Crippen LogP contribution < -0.4 is 11.1 Å². The molecule has 1 saturated carbocycles. The van der Waals surface area contributed by atoms with Gasteiger partial charge < -0.3 is 20.5 Å². The predicted octanol–water partition coefficient (Wildman–Crippen LogP) is 1.80. The number of amides is 2. The number of hydrogen-bond donors (Lipinski definition) is 2. The summed E-state index contributed by atoms with van der Waals surface area (Å²) < 4.78 is 2.77. The number of alkyl halides is 1. The second-order valence-electron chi connectivity index (χ2n) is 8.49. The maximum absolute atomic E-state index is 13.1. The van der Waals surface area contributed by atoms with E-state index in [4.69, 9.17) is 5.73 Å². The molecule has 0 saturated heterocycles. The highest BCUT2D eigenvalue weighted by atomic mass is 127. The molecule has 9 heteroatoms. The Balaban J connectivity index is 1.47. The van der Waals surface area contributed by atoms with Crippen LogP contribution in [0, 0.1) is 0 Å². The number of nitrogens with two attached hydrogens (primary N) is 1. The smallest absolute Gasteiger partial charge is 0.292 e. The van der Waals surface area contributed by atoms with Gasteiger partial charge in [-0.1, -0.05) is 46.9 Å². The predicted molar refractivity (Wildman–Crippen MR) is 126 cm³/mol. The van der Waals surface area contributed by atoms with E-state index in [1.807, 2.05) is 4.90 Å². The first-order valence-electron chi connectivity index (χ1n) is 10.8. The zero-order valence-electron chi connectivity index (χ0n) is 17.8. The molecule has 31 heavy (non-hydrogen) atoms. The van der Waals surface area contributed by atoms with Crippen LogP contribution in [-0.4, -0.2) is 57.7 Å². The molecule has 1 aliphatic heterocycles. The molecular formula is C22H29IN6O2. The van der Waals surface area contributed by atoms with Crippen molar-refractivity contribution >= 4 is 34.4 Å². The molecule has 0 radical (unpaired) electrons. The summed E-state index contributed by atoms with van der Waals surface area (Å²) in [6.45, 7) is 1.86. The van der Waals surface area contributed by atoms with Gasteiger partial charge in [0.1, 0.15) is 5.82 Å². The topological polar surface area (TPSA) is 106 Å². The summed E-state index contributed by atoms with van der Waals surface area (Å²) in [6, 6.07) is 8.97. The van der Waals surface area contributed by atoms with Crippen molar-refractivity contribution in [2.45, 2.75) is 54.5 Å². The van der Waals surface area contributed by atoms with Crippen LogP contribution in [0.3, 0.4) is 0 Å². The molecule has 0 atom stereocenters. The van der Waals surface area contributed by atoms with E-state index < -0.39 is 0 Å². The van der Waals surface area contributed by atoms with Gasteiger partial charge in [0, 0.05) is 42.6 Å². The van der Waals surface area contributed by atoms with Crippen molar-refractivity contribution in [2.24, 2.45) is 5.73 Å². The Morgan fingerprint density at radius 1 is 1.29 bits per heavy atom. The molecule has 0 spiro atoms. The van der Waals surface area contributed by atoms with Crippen molar-refractivity contribution in [1.29, 1.82) is 0 Å². The van der Waals surface area contributed by atoms with Crippen LogP contribution in [0.2, 0.25) is 0 Å². The number of hydrogen-bond acceptors (Lipinski definition) is 5. The Morgan fingerprint density at radius 3 is 2.74 bits per heavy atom. The lowest BCUT2D eigenvalue weighted by molar-refractivity contribution is -0.120. The molecular weight excluding hydrogens is 507 g/mol. The van der Waals surface area contributed by atoms with Crippen LogP contribution in [0.1, 0.15) is 53.3 Å². The van der Waals surface area contributed by atoms with E-state index in [1.165, 1.54) is 11.1 Å². The normalized spacial score (nSPS) is 23.5. The number of aromatic nitrogens is 3. The minimum absolute atomic E-state index is 0.0160. The minimum Gasteiger partial charge on any atom is -0.359 e. The number of carbonyl (C=O) groups is 2. The van der Waals surface area contributed by atoms with Crippen molar-refractivity contribution in [2.75, 3.05) is 20.1 Å². The first-order chi connectivity index (χ1) is 15.0. The third kappa shape index (κ3) is 4.21. The lowest BCUT2D eigenvalue weighted by atomic mass is 9.67. The molecule has 1 aromatic carbocycles. The number of fused-ring (bicyclic) bond motifs is 1. The number of nitrogens with zero attached hydrogens (tertiary/aromatic N) is 4. The Hall–Kier alpha value is -2.01. The molecule has 1 aromatic heterocycles. The number of carbonyl (C=O) groups excluding carboxylic acids is 2. The zero-order valence-corrected chi connectivity index (χ0v) is 20.0. The Labute approximate surface area is 196 Å². The number of nitrogens with one attached hydrogen (secondary N) is 1. The molecule has 3 N–H and O–H groups in total. The van der Waals surface area contributed by atoms with Crippen LogP contribution >= 0.6 is 22.6 Å². The third-order valence-electron chi connectivity index (χ3n) is 6.88. The fraction of sp³-hybridized carbons (Fsp3) is 0.545. The number of benzene rings is 1. The van der Waals surface area contributed by atoms with Gasteiger partial charge in [-0.3, -0.25) is 9.59 Å². The van der Waals surface area contributed by atoms with Gasteiger partial charge in [-0.2, -0.15) is 0 Å². The highest BCUT2D eigenvalue weighted by Crippen LogP contribution is 2.41. The molecule has 166 valence electrons. The summed E-state index contributed by atoms with van der Waals surface area (Å²) in [6.07, 6.45) is 3.93. The average Bonchev–Trinajstić information content (AvgIpc) is 3.23. The van der Waals surface area contributed by atoms with Gasteiger partial charge in [0.2, 0.25) is 11.7 Å². The molecule has 4 rings (SSSR count). The molecule has 8 nitrogen and oxygen atoms in total. The highest BCUT2D eigenvalue weighted by molar-refractivity contribution is 14.1. The minimum atomic E-state index is -0.137. The largest absolute Gasteiger partial charge is 0.359 e. The Morgan fingerprint density at radius 2 is 2.06 bits per heavy atom. The summed E-state index contributed by atoms with van der Waals surface area (Å²) in [4.78, 5) is 26.8. The van der Waals surface area contributed by atoms with E-state index in [0.29, 0.717) is 31.3 Å². The quantitative estimate of drug-likeness (QED) is 0.433. The maximum atomic E-state index is 13.1. The van der Waals surface area contributed by atoms with Crippen LogP contribution in [0.15, 0.2) is 24.3 Å². The van der Waals surface area contributed by atoms with E-state index in [0.717, 1.165) is 30.1 Å². The average molecular weight is 536 g/mol. The second-order valence-corrected chi connectivity index (χ2v) is 9.25. The van der Waals surface area contributed by atoms with E-state index in [2.05, 4.69) is 62.4 Å². The summed E-state index contributed by atoms with van der Waals surface area (Å²) in [5.41, 5.74) is 8.93. The summed E-state index contributed by atoms with van der Waals surface area (Å²) in [5.74, 6) is 0.667. The van der Waals surface area contributed by atoms with Gasteiger partial charge in [-0.15, -0.1) is 10.2 Å². The standard InChI is InChI=1S/C22H29IN6O2/c1-25-19(30)12-18-26-27-20-21(31)28(9-10-29(18)20)17-5-7-22(14-24,8-6-17)16-4-2-3-15(11-16)13-23/h2-4,11,17H,5-10,12-14,24H2,1H3,(H,25,30)/t17-,22-. The van der Waals surface area contributed by atoms with E-state index in [-0.39, 0.29) is 29.7 Å². The van der Waals surface area contributed by atoms with Gasteiger partial charge in [0.15, 0.2) is 0 Å². The molecule has 1 fully saturated rings. The van der Waals surface area contributed by atoms with Gasteiger partial charge >= 0.3 is 0 Å². The van der Waals surface area contributed by atoms with Gasteiger partial charge in [0.25, 0.3) is 5.91 Å². The van der Waals surface area contributed by atoms with Gasteiger partial charge in [0.05, 0.1) is 6.42 Å². The maximum Gasteiger partial charge on any atom is 0.292 e. The number of likely N-dealkylation sites (N-methyl/N-ethyl adjacent to an activating group) is 1. The summed E-state index contributed by atoms with van der Waals surface area (Å²) in [7, 11) is 1.59. The van der Waals surface area contributed by atoms with Crippen LogP contribution in [0.5, 0.6) is 0 Å². The van der Waals surface area contributed by atoms with Gasteiger partial charge in [-0.25, -0.2) is 0 Å². The van der Waals surface area contributed by atoms with Crippen molar-refractivity contribution in [3.63, 3.8) is 0 Å². The summed E-state index contributed by atoms with van der Waals surface area (Å²) in [5, 5.41) is 10.8. The van der Waals surface area contributed by atoms with Crippen LogP contribution in [0.4, 0.5) is 0 Å². The third-order valence-corrected chi connectivity index (χ3v) is 7.76. The Kier molecular flexibility index (Phi) is 6.61. The first-order valence-corrected chi connectivity index (χ1v) is 12.3. The van der Waals surface area contributed by atoms with Crippen molar-refractivity contribution in [1.82, 2.24) is 25.0 Å². The fourth-order valence-corrected chi connectivity index (χ4v) is 5.41. The van der Waals surface area contributed by atoms with Gasteiger partial charge in [-0.05, 0) is 36.8 Å². The number of halogens is 1. The Bertz CT molecular complexity index is 967. The fourth-order valence-electron chi connectivity index (χ4n) is 4.94. The number of rotatable bonds is 6. The molecule has 2 amide bonds. The molecule has 1 aliphatic carbocycles. The monoisotopic (exact) mass is 536 g/mol. The molecule has 2 aromatic rings. The SMILES string of the molecule is CNC(=O)Cc1nnc2n1CCN([C@H]1CC[C@](CN)(c3cccc(CI)c3)CC1)C2=O. The molecule has 0 unspecified atom stereocenters.